The second-order valence-corrected chi connectivity index (χ2v) is 7.69. The van der Waals surface area contributed by atoms with E-state index in [0.717, 1.165) is 29.2 Å². The summed E-state index contributed by atoms with van der Waals surface area (Å²) in [5.41, 5.74) is 2.58. The van der Waals surface area contributed by atoms with Crippen molar-refractivity contribution in [1.29, 1.82) is 0 Å². The highest BCUT2D eigenvalue weighted by molar-refractivity contribution is 7.18. The van der Waals surface area contributed by atoms with Gasteiger partial charge in [-0.2, -0.15) is 0 Å². The molecule has 0 spiro atoms. The van der Waals surface area contributed by atoms with Crippen LogP contribution in [0.25, 0.3) is 11.1 Å². The molecule has 5 nitrogen and oxygen atoms in total. The summed E-state index contributed by atoms with van der Waals surface area (Å²) in [5.74, 6) is -0.692. The molecule has 4 rings (SSSR count). The van der Waals surface area contributed by atoms with Crippen molar-refractivity contribution in [3.63, 3.8) is 0 Å². The first-order chi connectivity index (χ1) is 14.2. The number of esters is 1. The van der Waals surface area contributed by atoms with Gasteiger partial charge in [0.15, 0.2) is 12.4 Å². The average Bonchev–Trinajstić information content (AvgIpc) is 3.25. The van der Waals surface area contributed by atoms with Crippen LogP contribution in [-0.2, 0) is 9.47 Å². The maximum absolute atomic E-state index is 12.7. The minimum absolute atomic E-state index is 0.216. The van der Waals surface area contributed by atoms with E-state index >= 15 is 0 Å². The summed E-state index contributed by atoms with van der Waals surface area (Å²) >= 11 is 1.40. The Morgan fingerprint density at radius 3 is 2.31 bits per heavy atom. The fourth-order valence-electron chi connectivity index (χ4n) is 3.22. The number of ether oxygens (including phenoxy) is 2. The summed E-state index contributed by atoms with van der Waals surface area (Å²) in [4.78, 5) is 27.6. The first-order valence-corrected chi connectivity index (χ1v) is 10.3. The van der Waals surface area contributed by atoms with Crippen molar-refractivity contribution in [3.05, 3.63) is 77.2 Å². The Hall–Kier alpha value is -2.96. The molecule has 1 aliphatic heterocycles. The molecule has 148 valence electrons. The molecule has 0 amide bonds. The van der Waals surface area contributed by atoms with E-state index in [1.807, 2.05) is 42.5 Å². The van der Waals surface area contributed by atoms with Crippen LogP contribution in [-0.4, -0.2) is 44.7 Å². The number of Topliss-reactive ketones (excluding diaryl/α,β-unsaturated/α-hetero) is 1. The van der Waals surface area contributed by atoms with Crippen molar-refractivity contribution >= 4 is 28.1 Å². The molecule has 0 aliphatic carbocycles. The zero-order valence-electron chi connectivity index (χ0n) is 15.9. The predicted molar refractivity (Wildman–Crippen MR) is 114 cm³/mol. The Morgan fingerprint density at radius 1 is 0.966 bits per heavy atom. The second-order valence-electron chi connectivity index (χ2n) is 6.66. The first-order valence-electron chi connectivity index (χ1n) is 9.49. The Bertz CT molecular complexity index is 979. The summed E-state index contributed by atoms with van der Waals surface area (Å²) in [6, 6.07) is 20.7. The number of hydrogen-bond acceptors (Lipinski definition) is 6. The maximum atomic E-state index is 12.7. The van der Waals surface area contributed by atoms with Gasteiger partial charge in [-0.15, -0.1) is 11.3 Å². The number of carbonyl (C=O) groups is 2. The van der Waals surface area contributed by atoms with E-state index in [1.165, 1.54) is 11.3 Å². The number of benzene rings is 2. The smallest absolute Gasteiger partial charge is 0.348 e. The lowest BCUT2D eigenvalue weighted by atomic mass is 10.1. The van der Waals surface area contributed by atoms with Gasteiger partial charge in [0.05, 0.1) is 18.2 Å². The van der Waals surface area contributed by atoms with E-state index in [4.69, 9.17) is 9.47 Å². The lowest BCUT2D eigenvalue weighted by molar-refractivity contribution is 0.0479. The van der Waals surface area contributed by atoms with Crippen LogP contribution in [0.5, 0.6) is 0 Å². The molecule has 1 aromatic heterocycles. The van der Waals surface area contributed by atoms with Gasteiger partial charge in [0.25, 0.3) is 0 Å². The summed E-state index contributed by atoms with van der Waals surface area (Å²) in [6.45, 7) is 2.62. The van der Waals surface area contributed by atoms with Gasteiger partial charge >= 0.3 is 5.97 Å². The van der Waals surface area contributed by atoms with Gasteiger partial charge in [-0.25, -0.2) is 4.79 Å². The first kappa shape index (κ1) is 19.4. The number of rotatable bonds is 6. The SMILES string of the molecule is O=C(COC(=O)c1cc(-c2ccccc2)c(N2CCOCC2)s1)c1ccccc1. The van der Waals surface area contributed by atoms with Crippen LogP contribution >= 0.6 is 11.3 Å². The van der Waals surface area contributed by atoms with Crippen molar-refractivity contribution in [3.8, 4) is 11.1 Å². The number of morpholine rings is 1. The monoisotopic (exact) mass is 407 g/mol. The van der Waals surface area contributed by atoms with Crippen LogP contribution in [0, 0.1) is 0 Å². The van der Waals surface area contributed by atoms with Crippen LogP contribution in [0.2, 0.25) is 0 Å². The van der Waals surface area contributed by atoms with Gasteiger partial charge < -0.3 is 14.4 Å². The predicted octanol–water partition coefficient (Wildman–Crippen LogP) is 4.29. The quantitative estimate of drug-likeness (QED) is 0.451. The lowest BCUT2D eigenvalue weighted by Gasteiger charge is -2.28. The van der Waals surface area contributed by atoms with Crippen molar-refractivity contribution in [1.82, 2.24) is 0 Å². The number of carbonyl (C=O) groups excluding carboxylic acids is 2. The number of nitrogens with zero attached hydrogens (tertiary/aromatic N) is 1. The number of anilines is 1. The molecule has 2 heterocycles. The van der Waals surface area contributed by atoms with Gasteiger partial charge in [0, 0.05) is 24.2 Å². The molecule has 0 radical (unpaired) electrons. The van der Waals surface area contributed by atoms with Gasteiger partial charge in [-0.1, -0.05) is 60.7 Å². The van der Waals surface area contributed by atoms with E-state index in [-0.39, 0.29) is 12.4 Å². The molecule has 1 aliphatic rings. The van der Waals surface area contributed by atoms with E-state index in [9.17, 15) is 9.59 Å². The molecule has 3 aromatic rings. The molecule has 29 heavy (non-hydrogen) atoms. The fourth-order valence-corrected chi connectivity index (χ4v) is 4.34. The summed E-state index contributed by atoms with van der Waals surface area (Å²) < 4.78 is 10.8. The van der Waals surface area contributed by atoms with Gasteiger partial charge in [-0.05, 0) is 11.6 Å². The number of ketones is 1. The fraction of sp³-hybridized carbons (Fsp3) is 0.217. The van der Waals surface area contributed by atoms with Crippen LogP contribution in [0.3, 0.4) is 0 Å². The van der Waals surface area contributed by atoms with Crippen LogP contribution in [0.1, 0.15) is 20.0 Å². The van der Waals surface area contributed by atoms with Gasteiger partial charge in [-0.3, -0.25) is 4.79 Å². The summed E-state index contributed by atoms with van der Waals surface area (Å²) in [6.07, 6.45) is 0. The normalized spacial score (nSPS) is 13.9. The molecule has 6 heteroatoms. The summed E-state index contributed by atoms with van der Waals surface area (Å²) in [5, 5.41) is 1.03. The van der Waals surface area contributed by atoms with E-state index < -0.39 is 5.97 Å². The molecule has 0 saturated carbocycles. The third-order valence-electron chi connectivity index (χ3n) is 4.73. The minimum atomic E-state index is -0.476. The Balaban J connectivity index is 1.54. The Labute approximate surface area is 173 Å². The van der Waals surface area contributed by atoms with Gasteiger partial charge in [0.2, 0.25) is 0 Å². The third kappa shape index (κ3) is 4.55. The third-order valence-corrected chi connectivity index (χ3v) is 5.90. The topological polar surface area (TPSA) is 55.8 Å². The molecule has 0 unspecified atom stereocenters. The molecule has 1 fully saturated rings. The Kier molecular flexibility index (Phi) is 6.03. The van der Waals surface area contributed by atoms with Crippen molar-refractivity contribution in [2.75, 3.05) is 37.8 Å². The highest BCUT2D eigenvalue weighted by Crippen LogP contribution is 2.39. The molecule has 0 atom stereocenters. The second kappa shape index (κ2) is 9.03. The molecule has 2 aromatic carbocycles. The number of hydrogen-bond donors (Lipinski definition) is 0. The van der Waals surface area contributed by atoms with Crippen molar-refractivity contribution < 1.29 is 19.1 Å². The van der Waals surface area contributed by atoms with E-state index in [1.54, 1.807) is 24.3 Å². The molecule has 0 N–H and O–H groups in total. The highest BCUT2D eigenvalue weighted by Gasteiger charge is 2.23. The van der Waals surface area contributed by atoms with Crippen LogP contribution < -0.4 is 4.90 Å². The summed E-state index contributed by atoms with van der Waals surface area (Å²) in [7, 11) is 0. The molecular formula is C23H21NO4S. The number of thiophene rings is 1. The van der Waals surface area contributed by atoms with Gasteiger partial charge in [0.1, 0.15) is 4.88 Å². The standard InChI is InChI=1S/C23H21NO4S/c25-20(18-9-5-2-6-10-18)16-28-23(26)21-15-19(17-7-3-1-4-8-17)22(29-21)24-11-13-27-14-12-24/h1-10,15H,11-14,16H2. The molecular weight excluding hydrogens is 386 g/mol. The van der Waals surface area contributed by atoms with E-state index in [0.29, 0.717) is 23.7 Å². The van der Waals surface area contributed by atoms with E-state index in [2.05, 4.69) is 4.90 Å². The van der Waals surface area contributed by atoms with Crippen LogP contribution in [0.4, 0.5) is 5.00 Å². The maximum Gasteiger partial charge on any atom is 0.348 e. The zero-order chi connectivity index (χ0) is 20.1. The minimum Gasteiger partial charge on any atom is -0.453 e. The molecule has 0 bridgehead atoms. The van der Waals surface area contributed by atoms with Crippen LogP contribution in [0.15, 0.2) is 66.7 Å². The average molecular weight is 407 g/mol. The van der Waals surface area contributed by atoms with Crippen molar-refractivity contribution in [2.24, 2.45) is 0 Å². The Morgan fingerprint density at radius 2 is 1.62 bits per heavy atom. The largest absolute Gasteiger partial charge is 0.453 e. The highest BCUT2D eigenvalue weighted by atomic mass is 32.1. The zero-order valence-corrected chi connectivity index (χ0v) is 16.7. The van der Waals surface area contributed by atoms with Crippen molar-refractivity contribution in [2.45, 2.75) is 0 Å². The molecule has 1 saturated heterocycles. The lowest BCUT2D eigenvalue weighted by Crippen LogP contribution is -2.35.